The number of hydrogen-bond acceptors (Lipinski definition) is 2. The third-order valence-electron chi connectivity index (χ3n) is 4.74. The van der Waals surface area contributed by atoms with Gasteiger partial charge < -0.3 is 10.0 Å². The van der Waals surface area contributed by atoms with Crippen LogP contribution >= 0.6 is 0 Å². The van der Waals surface area contributed by atoms with Gasteiger partial charge in [-0.25, -0.2) is 4.79 Å². The fourth-order valence-electron chi connectivity index (χ4n) is 3.66. The molecule has 4 nitrogen and oxygen atoms in total. The average Bonchev–Trinajstić information content (AvgIpc) is 2.53. The second-order valence-electron chi connectivity index (χ2n) is 6.03. The maximum absolute atomic E-state index is 12.9. The highest BCUT2D eigenvalue weighted by Crippen LogP contribution is 2.34. The van der Waals surface area contributed by atoms with E-state index in [2.05, 4.69) is 6.07 Å². The summed E-state index contributed by atoms with van der Waals surface area (Å²) in [6, 6.07) is 7.44. The van der Waals surface area contributed by atoms with E-state index in [4.69, 9.17) is 0 Å². The lowest BCUT2D eigenvalue weighted by Crippen LogP contribution is -2.50. The fraction of sp³-hybridized carbons (Fsp3) is 0.529. The number of likely N-dealkylation sites (tertiary alicyclic amines) is 1. The number of carboxylic acid groups (broad SMARTS) is 1. The average molecular weight is 287 g/mol. The molecule has 1 fully saturated rings. The van der Waals surface area contributed by atoms with Gasteiger partial charge in [0.2, 0.25) is 5.91 Å². The third kappa shape index (κ3) is 2.67. The van der Waals surface area contributed by atoms with Crippen LogP contribution in [-0.2, 0) is 16.0 Å². The Kier molecular flexibility index (Phi) is 3.95. The van der Waals surface area contributed by atoms with E-state index >= 15 is 0 Å². The summed E-state index contributed by atoms with van der Waals surface area (Å²) >= 11 is 0. The van der Waals surface area contributed by atoms with Crippen LogP contribution in [0.2, 0.25) is 0 Å². The van der Waals surface area contributed by atoms with Crippen LogP contribution < -0.4 is 0 Å². The number of aryl methyl sites for hydroxylation is 1. The number of piperidine rings is 1. The maximum atomic E-state index is 12.9. The van der Waals surface area contributed by atoms with Gasteiger partial charge in [0.05, 0.1) is 5.92 Å². The zero-order chi connectivity index (χ0) is 14.8. The maximum Gasteiger partial charge on any atom is 0.326 e. The minimum atomic E-state index is -0.868. The van der Waals surface area contributed by atoms with Crippen LogP contribution in [0.1, 0.15) is 49.1 Å². The second-order valence-corrected chi connectivity index (χ2v) is 6.03. The van der Waals surface area contributed by atoms with Gasteiger partial charge >= 0.3 is 5.97 Å². The lowest BCUT2D eigenvalue weighted by Gasteiger charge is -2.37. The summed E-state index contributed by atoms with van der Waals surface area (Å²) in [7, 11) is 0. The first-order chi connectivity index (χ1) is 10.2. The molecule has 112 valence electrons. The van der Waals surface area contributed by atoms with E-state index in [0.717, 1.165) is 37.7 Å². The quantitative estimate of drug-likeness (QED) is 0.909. The standard InChI is InChI=1S/C17H21NO3/c19-16(18-11-4-3-10-15(18)17(20)21)14-9-5-7-12-6-1-2-8-13(12)14/h1-2,6,8,14-15H,3-5,7,9-11H2,(H,20,21). The van der Waals surface area contributed by atoms with Crippen molar-refractivity contribution in [1.29, 1.82) is 0 Å². The van der Waals surface area contributed by atoms with Crippen molar-refractivity contribution in [3.8, 4) is 0 Å². The van der Waals surface area contributed by atoms with Gasteiger partial charge in [-0.05, 0) is 49.7 Å². The zero-order valence-corrected chi connectivity index (χ0v) is 12.1. The number of nitrogens with zero attached hydrogens (tertiary/aromatic N) is 1. The number of carboxylic acids is 1. The Morgan fingerprint density at radius 1 is 1.10 bits per heavy atom. The fourth-order valence-corrected chi connectivity index (χ4v) is 3.66. The minimum absolute atomic E-state index is 0.00856. The number of hydrogen-bond donors (Lipinski definition) is 1. The molecular weight excluding hydrogens is 266 g/mol. The molecule has 1 aromatic rings. The van der Waals surface area contributed by atoms with Crippen LogP contribution in [-0.4, -0.2) is 34.5 Å². The Bertz CT molecular complexity index is 555. The Balaban J connectivity index is 1.86. The first kappa shape index (κ1) is 14.1. The third-order valence-corrected chi connectivity index (χ3v) is 4.74. The van der Waals surface area contributed by atoms with Crippen LogP contribution in [0.5, 0.6) is 0 Å². The number of aliphatic carboxylic acids is 1. The van der Waals surface area contributed by atoms with Gasteiger partial charge in [-0.15, -0.1) is 0 Å². The molecule has 4 heteroatoms. The molecule has 1 heterocycles. The topological polar surface area (TPSA) is 57.6 Å². The lowest BCUT2D eigenvalue weighted by atomic mass is 9.81. The van der Waals surface area contributed by atoms with Gasteiger partial charge in [0, 0.05) is 6.54 Å². The molecule has 1 aliphatic heterocycles. The van der Waals surface area contributed by atoms with Gasteiger partial charge in [0.15, 0.2) is 0 Å². The van der Waals surface area contributed by atoms with Crippen molar-refractivity contribution in [2.75, 3.05) is 6.54 Å². The summed E-state index contributed by atoms with van der Waals surface area (Å²) in [4.78, 5) is 25.9. The van der Waals surface area contributed by atoms with Crippen molar-refractivity contribution in [2.45, 2.75) is 50.5 Å². The van der Waals surface area contributed by atoms with E-state index in [9.17, 15) is 14.7 Å². The summed E-state index contributed by atoms with van der Waals surface area (Å²) in [5.41, 5.74) is 2.34. The lowest BCUT2D eigenvalue weighted by molar-refractivity contribution is -0.152. The molecule has 1 amide bonds. The van der Waals surface area contributed by atoms with Crippen LogP contribution in [0, 0.1) is 0 Å². The molecule has 2 atom stereocenters. The van der Waals surface area contributed by atoms with E-state index in [1.54, 1.807) is 4.90 Å². The first-order valence-corrected chi connectivity index (χ1v) is 7.79. The van der Waals surface area contributed by atoms with Gasteiger partial charge in [0.25, 0.3) is 0 Å². The Labute approximate surface area is 124 Å². The summed E-state index contributed by atoms with van der Waals surface area (Å²) in [6.45, 7) is 0.578. The predicted molar refractivity (Wildman–Crippen MR) is 79.1 cm³/mol. The molecule has 3 rings (SSSR count). The van der Waals surface area contributed by atoms with Crippen molar-refractivity contribution >= 4 is 11.9 Å². The van der Waals surface area contributed by atoms with Crippen molar-refractivity contribution < 1.29 is 14.7 Å². The SMILES string of the molecule is O=C(O)C1CCCCN1C(=O)C1CCCc2ccccc21. The normalized spacial score (nSPS) is 25.2. The molecule has 21 heavy (non-hydrogen) atoms. The number of fused-ring (bicyclic) bond motifs is 1. The molecule has 0 radical (unpaired) electrons. The van der Waals surface area contributed by atoms with Gasteiger partial charge in [-0.3, -0.25) is 4.79 Å². The summed E-state index contributed by atoms with van der Waals surface area (Å²) < 4.78 is 0. The largest absolute Gasteiger partial charge is 0.480 e. The number of carbonyl (C=O) groups excluding carboxylic acids is 1. The molecule has 2 unspecified atom stereocenters. The first-order valence-electron chi connectivity index (χ1n) is 7.79. The highest BCUT2D eigenvalue weighted by atomic mass is 16.4. The van der Waals surface area contributed by atoms with Crippen molar-refractivity contribution in [1.82, 2.24) is 4.90 Å². The van der Waals surface area contributed by atoms with Gasteiger partial charge in [0.1, 0.15) is 6.04 Å². The van der Waals surface area contributed by atoms with E-state index in [-0.39, 0.29) is 11.8 Å². The smallest absolute Gasteiger partial charge is 0.326 e. The van der Waals surface area contributed by atoms with Crippen LogP contribution in [0.25, 0.3) is 0 Å². The Morgan fingerprint density at radius 3 is 2.71 bits per heavy atom. The number of rotatable bonds is 2. The molecule has 0 aromatic heterocycles. The Morgan fingerprint density at radius 2 is 1.90 bits per heavy atom. The van der Waals surface area contributed by atoms with Crippen LogP contribution in [0.3, 0.4) is 0 Å². The summed E-state index contributed by atoms with van der Waals surface area (Å²) in [5, 5.41) is 9.36. The molecular formula is C17H21NO3. The second kappa shape index (κ2) is 5.88. The highest BCUT2D eigenvalue weighted by molar-refractivity contribution is 5.88. The molecule has 1 aliphatic carbocycles. The van der Waals surface area contributed by atoms with E-state index in [1.807, 2.05) is 18.2 Å². The monoisotopic (exact) mass is 287 g/mol. The molecule has 0 spiro atoms. The summed E-state index contributed by atoms with van der Waals surface area (Å²) in [5.74, 6) is -1.02. The van der Waals surface area contributed by atoms with Crippen molar-refractivity contribution in [2.24, 2.45) is 0 Å². The van der Waals surface area contributed by atoms with Gasteiger partial charge in [-0.1, -0.05) is 24.3 Å². The molecule has 1 N–H and O–H groups in total. The zero-order valence-electron chi connectivity index (χ0n) is 12.1. The molecule has 0 bridgehead atoms. The van der Waals surface area contributed by atoms with Gasteiger partial charge in [-0.2, -0.15) is 0 Å². The number of benzene rings is 1. The van der Waals surface area contributed by atoms with E-state index in [0.29, 0.717) is 13.0 Å². The highest BCUT2D eigenvalue weighted by Gasteiger charge is 2.37. The Hall–Kier alpha value is -1.84. The van der Waals surface area contributed by atoms with E-state index < -0.39 is 12.0 Å². The van der Waals surface area contributed by atoms with Crippen LogP contribution in [0.4, 0.5) is 0 Å². The summed E-state index contributed by atoms with van der Waals surface area (Å²) in [6.07, 6.45) is 5.22. The number of amides is 1. The van der Waals surface area contributed by atoms with Crippen molar-refractivity contribution in [3.63, 3.8) is 0 Å². The molecule has 0 saturated carbocycles. The van der Waals surface area contributed by atoms with Crippen LogP contribution in [0.15, 0.2) is 24.3 Å². The molecule has 2 aliphatic rings. The predicted octanol–water partition coefficient (Wildman–Crippen LogP) is 2.57. The van der Waals surface area contributed by atoms with Crippen molar-refractivity contribution in [3.05, 3.63) is 35.4 Å². The molecule has 1 aromatic carbocycles. The minimum Gasteiger partial charge on any atom is -0.480 e. The van der Waals surface area contributed by atoms with E-state index in [1.165, 1.54) is 5.56 Å². The molecule has 1 saturated heterocycles. The number of carbonyl (C=O) groups is 2.